The van der Waals surface area contributed by atoms with Gasteiger partial charge in [0.2, 0.25) is 0 Å². The van der Waals surface area contributed by atoms with E-state index in [2.05, 4.69) is 10.3 Å². The molecule has 7 nitrogen and oxygen atoms in total. The van der Waals surface area contributed by atoms with Crippen molar-refractivity contribution < 1.29 is 19.1 Å². The van der Waals surface area contributed by atoms with Crippen LogP contribution in [-0.4, -0.2) is 54.1 Å². The second-order valence-corrected chi connectivity index (χ2v) is 7.05. The van der Waals surface area contributed by atoms with Gasteiger partial charge in [-0.2, -0.15) is 0 Å². The molecule has 0 radical (unpaired) electrons. The summed E-state index contributed by atoms with van der Waals surface area (Å²) in [4.78, 5) is 30.9. The van der Waals surface area contributed by atoms with E-state index < -0.39 is 0 Å². The van der Waals surface area contributed by atoms with Gasteiger partial charge in [-0.15, -0.1) is 11.3 Å². The van der Waals surface area contributed by atoms with E-state index in [0.29, 0.717) is 35.2 Å². The molecule has 26 heavy (non-hydrogen) atoms. The number of ether oxygens (including phenoxy) is 2. The minimum Gasteiger partial charge on any atom is -0.497 e. The van der Waals surface area contributed by atoms with Gasteiger partial charge in [0.05, 0.1) is 19.3 Å². The topological polar surface area (TPSA) is 80.8 Å². The van der Waals surface area contributed by atoms with E-state index in [-0.39, 0.29) is 24.0 Å². The molecule has 8 heteroatoms. The number of hydrogen-bond donors (Lipinski definition) is 1. The average Bonchev–Trinajstić information content (AvgIpc) is 3.08. The van der Waals surface area contributed by atoms with Gasteiger partial charge in [-0.3, -0.25) is 14.9 Å². The lowest BCUT2D eigenvalue weighted by Gasteiger charge is -2.34. The first kappa shape index (κ1) is 18.3. The van der Waals surface area contributed by atoms with Crippen LogP contribution in [0.1, 0.15) is 34.7 Å². The lowest BCUT2D eigenvalue weighted by molar-refractivity contribution is -0.0587. The van der Waals surface area contributed by atoms with Crippen LogP contribution in [0.25, 0.3) is 0 Å². The van der Waals surface area contributed by atoms with Crippen LogP contribution in [0.2, 0.25) is 0 Å². The summed E-state index contributed by atoms with van der Waals surface area (Å²) in [5.41, 5.74) is 0.825. The number of aromatic nitrogens is 1. The third kappa shape index (κ3) is 4.20. The van der Waals surface area contributed by atoms with E-state index in [1.165, 1.54) is 11.3 Å². The molecule has 1 aromatic heterocycles. The number of morpholine rings is 1. The summed E-state index contributed by atoms with van der Waals surface area (Å²) in [6.45, 7) is 4.96. The van der Waals surface area contributed by atoms with Gasteiger partial charge in [-0.05, 0) is 38.1 Å². The molecule has 1 fully saturated rings. The zero-order valence-corrected chi connectivity index (χ0v) is 15.7. The average molecular weight is 375 g/mol. The second-order valence-electron chi connectivity index (χ2n) is 6.19. The van der Waals surface area contributed by atoms with E-state index in [4.69, 9.17) is 9.47 Å². The van der Waals surface area contributed by atoms with Gasteiger partial charge in [-0.1, -0.05) is 0 Å². The number of carbonyl (C=O) groups is 2. The summed E-state index contributed by atoms with van der Waals surface area (Å²) in [5.74, 6) is 0.250. The van der Waals surface area contributed by atoms with Gasteiger partial charge in [0.1, 0.15) is 11.4 Å². The third-order valence-corrected chi connectivity index (χ3v) is 4.76. The van der Waals surface area contributed by atoms with E-state index >= 15 is 0 Å². The van der Waals surface area contributed by atoms with Gasteiger partial charge >= 0.3 is 0 Å². The molecular weight excluding hydrogens is 354 g/mol. The van der Waals surface area contributed by atoms with Crippen molar-refractivity contribution in [2.75, 3.05) is 25.5 Å². The van der Waals surface area contributed by atoms with Crippen LogP contribution in [-0.2, 0) is 4.74 Å². The molecule has 2 heterocycles. The van der Waals surface area contributed by atoms with Crippen LogP contribution in [0, 0.1) is 0 Å². The number of nitrogens with one attached hydrogen (secondary N) is 1. The normalized spacial score (nSPS) is 19.9. The molecule has 0 spiro atoms. The second kappa shape index (κ2) is 7.84. The van der Waals surface area contributed by atoms with Crippen LogP contribution in [0.4, 0.5) is 5.13 Å². The molecule has 2 unspecified atom stereocenters. The molecule has 1 aliphatic rings. The highest BCUT2D eigenvalue weighted by molar-refractivity contribution is 7.14. The summed E-state index contributed by atoms with van der Waals surface area (Å²) < 4.78 is 10.7. The molecule has 3 rings (SSSR count). The predicted molar refractivity (Wildman–Crippen MR) is 99.0 cm³/mol. The molecule has 1 aromatic carbocycles. The molecule has 2 amide bonds. The van der Waals surface area contributed by atoms with Crippen molar-refractivity contribution in [1.29, 1.82) is 0 Å². The number of carbonyl (C=O) groups excluding carboxylic acids is 2. The first-order valence-electron chi connectivity index (χ1n) is 8.32. The third-order valence-electron chi connectivity index (χ3n) is 4.00. The van der Waals surface area contributed by atoms with Crippen LogP contribution in [0.3, 0.4) is 0 Å². The van der Waals surface area contributed by atoms with Crippen molar-refractivity contribution in [3.05, 3.63) is 40.9 Å². The van der Waals surface area contributed by atoms with E-state index in [9.17, 15) is 9.59 Å². The Kier molecular flexibility index (Phi) is 5.53. The fourth-order valence-electron chi connectivity index (χ4n) is 2.85. The SMILES string of the molecule is COc1ccc(C(=O)Nc2nc(C(=O)N3CC(C)OC(C)C3)cs2)cc1. The monoisotopic (exact) mass is 375 g/mol. The number of thiazole rings is 1. The standard InChI is InChI=1S/C18H21N3O4S/c1-11-8-21(9-12(2)25-11)17(23)15-10-26-18(19-15)20-16(22)13-4-6-14(24-3)7-5-13/h4-7,10-12H,8-9H2,1-3H3,(H,19,20,22). The Hall–Kier alpha value is -2.45. The van der Waals surface area contributed by atoms with Crippen molar-refractivity contribution in [3.8, 4) is 5.75 Å². The maximum Gasteiger partial charge on any atom is 0.273 e. The molecule has 0 bridgehead atoms. The number of methoxy groups -OCH3 is 1. The zero-order valence-electron chi connectivity index (χ0n) is 14.9. The van der Waals surface area contributed by atoms with Gasteiger partial charge in [-0.25, -0.2) is 4.98 Å². The fourth-order valence-corrected chi connectivity index (χ4v) is 3.53. The van der Waals surface area contributed by atoms with Crippen molar-refractivity contribution >= 4 is 28.3 Å². The number of nitrogens with zero attached hydrogens (tertiary/aromatic N) is 2. The number of anilines is 1. The molecular formula is C18H21N3O4S. The molecule has 2 aromatic rings. The maximum atomic E-state index is 12.6. The first-order valence-corrected chi connectivity index (χ1v) is 9.20. The highest BCUT2D eigenvalue weighted by Crippen LogP contribution is 2.20. The fraction of sp³-hybridized carbons (Fsp3) is 0.389. The largest absolute Gasteiger partial charge is 0.497 e. The highest BCUT2D eigenvalue weighted by atomic mass is 32.1. The van der Waals surface area contributed by atoms with Crippen molar-refractivity contribution in [2.24, 2.45) is 0 Å². The quantitative estimate of drug-likeness (QED) is 0.889. The Morgan fingerprint density at radius 3 is 2.50 bits per heavy atom. The van der Waals surface area contributed by atoms with Gasteiger partial charge in [0.25, 0.3) is 11.8 Å². The smallest absolute Gasteiger partial charge is 0.273 e. The Balaban J connectivity index is 1.65. The van der Waals surface area contributed by atoms with E-state index in [1.807, 2.05) is 13.8 Å². The van der Waals surface area contributed by atoms with Gasteiger partial charge in [0.15, 0.2) is 5.13 Å². The Morgan fingerprint density at radius 2 is 1.88 bits per heavy atom. The minimum atomic E-state index is -0.283. The molecule has 138 valence electrons. The zero-order chi connectivity index (χ0) is 18.7. The Morgan fingerprint density at radius 1 is 1.23 bits per heavy atom. The summed E-state index contributed by atoms with van der Waals surface area (Å²) in [6, 6.07) is 6.77. The molecule has 1 aliphatic heterocycles. The lowest BCUT2D eigenvalue weighted by Crippen LogP contribution is -2.48. The van der Waals surface area contributed by atoms with Crippen molar-refractivity contribution in [3.63, 3.8) is 0 Å². The first-order chi connectivity index (χ1) is 12.5. The van der Waals surface area contributed by atoms with Gasteiger partial charge < -0.3 is 14.4 Å². The molecule has 0 aliphatic carbocycles. The Bertz CT molecular complexity index is 780. The summed E-state index contributed by atoms with van der Waals surface area (Å²) in [5, 5.41) is 4.78. The predicted octanol–water partition coefficient (Wildman–Crippen LogP) is 2.65. The number of amides is 2. The van der Waals surface area contributed by atoms with Gasteiger partial charge in [0, 0.05) is 24.0 Å². The molecule has 1 saturated heterocycles. The van der Waals surface area contributed by atoms with Crippen LogP contribution in [0.15, 0.2) is 29.6 Å². The van der Waals surface area contributed by atoms with Crippen LogP contribution in [0.5, 0.6) is 5.75 Å². The van der Waals surface area contributed by atoms with Crippen LogP contribution >= 0.6 is 11.3 Å². The molecule has 0 saturated carbocycles. The summed E-state index contributed by atoms with van der Waals surface area (Å²) in [7, 11) is 1.57. The summed E-state index contributed by atoms with van der Waals surface area (Å²) >= 11 is 1.23. The summed E-state index contributed by atoms with van der Waals surface area (Å²) in [6.07, 6.45) is -0.00818. The van der Waals surface area contributed by atoms with E-state index in [1.54, 1.807) is 41.7 Å². The highest BCUT2D eigenvalue weighted by Gasteiger charge is 2.28. The van der Waals surface area contributed by atoms with E-state index in [0.717, 1.165) is 0 Å². The maximum absolute atomic E-state index is 12.6. The molecule has 1 N–H and O–H groups in total. The molecule has 2 atom stereocenters. The lowest BCUT2D eigenvalue weighted by atomic mass is 10.2. The van der Waals surface area contributed by atoms with Crippen molar-refractivity contribution in [2.45, 2.75) is 26.1 Å². The number of benzene rings is 1. The number of hydrogen-bond acceptors (Lipinski definition) is 6. The minimum absolute atomic E-state index is 0.00409. The Labute approximate surface area is 155 Å². The van der Waals surface area contributed by atoms with Crippen molar-refractivity contribution in [1.82, 2.24) is 9.88 Å². The number of rotatable bonds is 4. The van der Waals surface area contributed by atoms with Crippen LogP contribution < -0.4 is 10.1 Å².